The first-order valence-corrected chi connectivity index (χ1v) is 18.1. The van der Waals surface area contributed by atoms with Crippen LogP contribution in [0.2, 0.25) is 0 Å². The normalized spacial score (nSPS) is 12.9. The molecule has 0 radical (unpaired) electrons. The van der Waals surface area contributed by atoms with Crippen LogP contribution in [-0.2, 0) is 9.47 Å². The number of para-hydroxylation sites is 2. The molecule has 14 heteroatoms. The van der Waals surface area contributed by atoms with E-state index in [2.05, 4.69) is 20.6 Å². The van der Waals surface area contributed by atoms with E-state index in [1.165, 1.54) is 0 Å². The van der Waals surface area contributed by atoms with Crippen molar-refractivity contribution in [1.29, 1.82) is 0 Å². The number of H-pyrrole nitrogens is 2. The molecule has 276 valence electrons. The molecule has 4 aromatic heterocycles. The molecule has 1 fully saturated rings. The van der Waals surface area contributed by atoms with Crippen LogP contribution in [0.25, 0.3) is 77.3 Å². The molecule has 1 saturated heterocycles. The molecule has 11 rings (SSSR count). The molecule has 56 heavy (non-hydrogen) atoms. The molecule has 0 bridgehead atoms. The molecule has 0 aliphatic carbocycles. The van der Waals surface area contributed by atoms with Crippen molar-refractivity contribution >= 4 is 77.3 Å². The third-order valence-electron chi connectivity index (χ3n) is 9.73. The number of ether oxygens (including phenoxy) is 2. The molecule has 0 saturated carbocycles. The molecule has 14 nitrogen and oxygen atoms in total. The Morgan fingerprint density at radius 1 is 0.464 bits per heavy atom. The van der Waals surface area contributed by atoms with Crippen LogP contribution in [0.3, 0.4) is 0 Å². The summed E-state index contributed by atoms with van der Waals surface area (Å²) in [6.07, 6.45) is 0. The minimum Gasteiger partial charge on any atom is -0.377 e. The van der Waals surface area contributed by atoms with Gasteiger partial charge in [-0.25, -0.2) is 29.3 Å². The van der Waals surface area contributed by atoms with E-state index in [0.717, 1.165) is 93.1 Å². The highest BCUT2D eigenvalue weighted by molar-refractivity contribution is 6.20. The number of nitroso groups, excluding NO2 is 2. The van der Waals surface area contributed by atoms with Crippen molar-refractivity contribution in [3.63, 3.8) is 0 Å². The summed E-state index contributed by atoms with van der Waals surface area (Å²) in [6, 6.07) is 35.1. The maximum Gasteiger partial charge on any atom is 0.180 e. The molecule has 0 unspecified atom stereocenters. The predicted octanol–water partition coefficient (Wildman–Crippen LogP) is 9.56. The van der Waals surface area contributed by atoms with Gasteiger partial charge in [0, 0.05) is 21.5 Å². The fourth-order valence-electron chi connectivity index (χ4n) is 7.12. The Labute approximate surface area is 318 Å². The molecule has 1 aliphatic rings. The summed E-state index contributed by atoms with van der Waals surface area (Å²) in [7, 11) is 0. The van der Waals surface area contributed by atoms with Gasteiger partial charge in [0.25, 0.3) is 0 Å². The number of benzene rings is 4. The van der Waals surface area contributed by atoms with Gasteiger partial charge in [0.15, 0.2) is 11.3 Å². The Hall–Kier alpha value is -7.16. The van der Waals surface area contributed by atoms with Crippen molar-refractivity contribution in [2.45, 2.75) is 13.8 Å². The van der Waals surface area contributed by atoms with Crippen LogP contribution in [0.1, 0.15) is 11.4 Å². The van der Waals surface area contributed by atoms with Gasteiger partial charge in [-0.1, -0.05) is 84.9 Å². The summed E-state index contributed by atoms with van der Waals surface area (Å²) < 4.78 is 13.7. The van der Waals surface area contributed by atoms with E-state index < -0.39 is 0 Å². The SMILES string of the molecule is C1COCCO1.Cc1[nH]n(-c2ccccc2)c2nc3c(nc12)c(N=O)c1ccccc13.Cc1[nH]n(-c2ccccc2)c2nc3c(nc12)c(N=O)c1ccccc13. The summed E-state index contributed by atoms with van der Waals surface area (Å²) in [5, 5.41) is 16.4. The highest BCUT2D eigenvalue weighted by Crippen LogP contribution is 2.40. The van der Waals surface area contributed by atoms with E-state index in [1.807, 2.05) is 132 Å². The number of nitrogens with zero attached hydrogens (tertiary/aromatic N) is 8. The Balaban J connectivity index is 0.000000127. The minimum atomic E-state index is 0.354. The minimum absolute atomic E-state index is 0.354. The number of aromatic nitrogens is 8. The summed E-state index contributed by atoms with van der Waals surface area (Å²) in [5.74, 6) is 0. The van der Waals surface area contributed by atoms with Crippen molar-refractivity contribution in [1.82, 2.24) is 39.5 Å². The fourth-order valence-corrected chi connectivity index (χ4v) is 7.12. The maximum absolute atomic E-state index is 11.4. The van der Waals surface area contributed by atoms with Gasteiger partial charge in [-0.2, -0.15) is 0 Å². The van der Waals surface area contributed by atoms with Crippen LogP contribution in [0.15, 0.2) is 120 Å². The standard InChI is InChI=1S/2C19H13N5O.C4H8O2/c2*1-11-15-19(24(22-11)12-7-3-2-4-8-12)21-16-13-9-5-6-10-14(13)17(23-25)18(16)20-15;1-2-6-4-3-5-1/h2*2-10,22H,1H3;1-4H2. The Morgan fingerprint density at radius 2 is 0.821 bits per heavy atom. The fraction of sp³-hybridized carbons (Fsp3) is 0.143. The first-order valence-electron chi connectivity index (χ1n) is 18.1. The van der Waals surface area contributed by atoms with Crippen molar-refractivity contribution in [2.24, 2.45) is 10.4 Å². The monoisotopic (exact) mass is 742 g/mol. The Kier molecular flexibility index (Phi) is 9.01. The summed E-state index contributed by atoms with van der Waals surface area (Å²) >= 11 is 0. The molecule has 6 aromatic carbocycles. The Bertz CT molecular complexity index is 2840. The number of aryl methyl sites for hydroxylation is 2. The van der Waals surface area contributed by atoms with E-state index in [0.29, 0.717) is 33.4 Å². The largest absolute Gasteiger partial charge is 0.377 e. The molecule has 0 atom stereocenters. The third-order valence-corrected chi connectivity index (χ3v) is 9.73. The van der Waals surface area contributed by atoms with Gasteiger partial charge in [-0.3, -0.25) is 10.2 Å². The van der Waals surface area contributed by atoms with E-state index in [9.17, 15) is 9.81 Å². The van der Waals surface area contributed by atoms with Crippen molar-refractivity contribution in [3.8, 4) is 11.4 Å². The van der Waals surface area contributed by atoms with E-state index in [1.54, 1.807) is 0 Å². The topological polar surface area (TPSA) is 170 Å². The van der Waals surface area contributed by atoms with Gasteiger partial charge in [0.05, 0.1) is 49.2 Å². The highest BCUT2D eigenvalue weighted by Gasteiger charge is 2.21. The van der Waals surface area contributed by atoms with Crippen LogP contribution >= 0.6 is 0 Å². The molecule has 0 spiro atoms. The zero-order valence-electron chi connectivity index (χ0n) is 30.4. The summed E-state index contributed by atoms with van der Waals surface area (Å²) in [6.45, 7) is 7.00. The lowest BCUT2D eigenvalue weighted by atomic mass is 10.2. The van der Waals surface area contributed by atoms with Crippen molar-refractivity contribution in [2.75, 3.05) is 26.4 Å². The maximum atomic E-state index is 11.4. The van der Waals surface area contributed by atoms with Gasteiger partial charge >= 0.3 is 0 Å². The molecule has 2 N–H and O–H groups in total. The first kappa shape index (κ1) is 34.6. The lowest BCUT2D eigenvalue weighted by Crippen LogP contribution is -2.16. The van der Waals surface area contributed by atoms with Gasteiger partial charge in [0.1, 0.15) is 44.5 Å². The van der Waals surface area contributed by atoms with Gasteiger partial charge in [-0.15, -0.1) is 9.81 Å². The quantitative estimate of drug-likeness (QED) is 0.168. The number of hydrogen-bond acceptors (Lipinski definition) is 10. The molecule has 1 aliphatic heterocycles. The molecular formula is C42H34N10O4. The van der Waals surface area contributed by atoms with Gasteiger partial charge < -0.3 is 9.47 Å². The molecule has 5 heterocycles. The second-order valence-electron chi connectivity index (χ2n) is 13.2. The number of rotatable bonds is 4. The number of fused-ring (bicyclic) bond motifs is 8. The van der Waals surface area contributed by atoms with Crippen LogP contribution < -0.4 is 0 Å². The zero-order valence-corrected chi connectivity index (χ0v) is 30.4. The second-order valence-corrected chi connectivity index (χ2v) is 13.2. The lowest BCUT2D eigenvalue weighted by molar-refractivity contribution is -0.0334. The van der Waals surface area contributed by atoms with Crippen LogP contribution in [0, 0.1) is 23.7 Å². The number of nitrogens with one attached hydrogen (secondary N) is 2. The Morgan fingerprint density at radius 3 is 1.18 bits per heavy atom. The highest BCUT2D eigenvalue weighted by atomic mass is 16.6. The van der Waals surface area contributed by atoms with Crippen molar-refractivity contribution < 1.29 is 9.47 Å². The number of aromatic amines is 2. The smallest absolute Gasteiger partial charge is 0.180 e. The molecular weight excluding hydrogens is 709 g/mol. The zero-order chi connectivity index (χ0) is 38.2. The van der Waals surface area contributed by atoms with Crippen LogP contribution in [0.5, 0.6) is 0 Å². The first-order chi connectivity index (χ1) is 27.6. The molecule has 10 aromatic rings. The van der Waals surface area contributed by atoms with E-state index in [4.69, 9.17) is 29.4 Å². The summed E-state index contributed by atoms with van der Waals surface area (Å²) in [4.78, 5) is 42.0. The van der Waals surface area contributed by atoms with Crippen molar-refractivity contribution in [3.05, 3.63) is 130 Å². The second kappa shape index (κ2) is 14.6. The van der Waals surface area contributed by atoms with Gasteiger partial charge in [0.2, 0.25) is 0 Å². The third kappa shape index (κ3) is 5.93. The molecule has 0 amide bonds. The van der Waals surface area contributed by atoms with Gasteiger partial charge in [-0.05, 0) is 48.5 Å². The van der Waals surface area contributed by atoms with Crippen LogP contribution in [-0.4, -0.2) is 65.9 Å². The number of hydrogen-bond donors (Lipinski definition) is 2. The average molecular weight is 743 g/mol. The summed E-state index contributed by atoms with van der Waals surface area (Å²) in [5.41, 5.74) is 9.82. The van der Waals surface area contributed by atoms with E-state index >= 15 is 0 Å². The van der Waals surface area contributed by atoms with E-state index in [-0.39, 0.29) is 0 Å². The lowest BCUT2D eigenvalue weighted by Gasteiger charge is -2.09. The average Bonchev–Trinajstić information content (AvgIpc) is 3.97. The van der Waals surface area contributed by atoms with Crippen LogP contribution in [0.4, 0.5) is 11.4 Å². The predicted molar refractivity (Wildman–Crippen MR) is 218 cm³/mol.